The fourth-order valence-corrected chi connectivity index (χ4v) is 0.776. The molecule has 12 heavy (non-hydrogen) atoms. The summed E-state index contributed by atoms with van der Waals surface area (Å²) in [5.41, 5.74) is 0.915. The fraction of sp³-hybridized carbons (Fsp3) is 0.556. The molecule has 0 aliphatic carbocycles. The highest BCUT2D eigenvalue weighted by Gasteiger charge is 1.93. The molecule has 0 spiro atoms. The Morgan fingerprint density at radius 3 is 2.75 bits per heavy atom. The molecular weight excluding hydrogens is 152 g/mol. The molecule has 0 amide bonds. The van der Waals surface area contributed by atoms with Crippen molar-refractivity contribution >= 4 is 0 Å². The van der Waals surface area contributed by atoms with Crippen LogP contribution < -0.4 is 4.74 Å². The summed E-state index contributed by atoms with van der Waals surface area (Å²) < 4.78 is 5.33. The number of aryl methyl sites for hydroxylation is 1. The topological polar surface area (TPSA) is 35.0 Å². The highest BCUT2D eigenvalue weighted by atomic mass is 16.5. The summed E-state index contributed by atoms with van der Waals surface area (Å²) in [5.74, 6) is 0.619. The molecule has 1 aromatic rings. The molecule has 0 aliphatic rings. The average molecular weight is 166 g/mol. The van der Waals surface area contributed by atoms with Gasteiger partial charge in [-0.2, -0.15) is 0 Å². The lowest BCUT2D eigenvalue weighted by atomic mass is 10.4. The van der Waals surface area contributed by atoms with Gasteiger partial charge in [-0.25, -0.2) is 4.98 Å². The van der Waals surface area contributed by atoms with E-state index < -0.39 is 0 Å². The number of ether oxygens (including phenoxy) is 1. The summed E-state index contributed by atoms with van der Waals surface area (Å²) in [4.78, 5) is 8.14. The maximum Gasteiger partial charge on any atom is 0.232 e. The maximum absolute atomic E-state index is 5.33. The Bertz CT molecular complexity index is 220. The van der Waals surface area contributed by atoms with Gasteiger partial charge in [0, 0.05) is 0 Å². The predicted molar refractivity (Wildman–Crippen MR) is 47.2 cm³/mol. The number of aromatic nitrogens is 2. The molecule has 0 radical (unpaired) electrons. The van der Waals surface area contributed by atoms with Gasteiger partial charge < -0.3 is 4.74 Å². The summed E-state index contributed by atoms with van der Waals surface area (Å²) in [7, 11) is 0. The molecule has 0 N–H and O–H groups in total. The predicted octanol–water partition coefficient (Wildman–Crippen LogP) is 1.96. The van der Waals surface area contributed by atoms with Crippen LogP contribution in [0.3, 0.4) is 0 Å². The largest absolute Gasteiger partial charge is 0.477 e. The van der Waals surface area contributed by atoms with Crippen molar-refractivity contribution in [3.63, 3.8) is 0 Å². The number of hydrogen-bond acceptors (Lipinski definition) is 3. The van der Waals surface area contributed by atoms with Gasteiger partial charge in [-0.15, -0.1) is 0 Å². The molecular formula is C9H14N2O. The molecule has 0 saturated heterocycles. The molecule has 0 unspecified atom stereocenters. The highest BCUT2D eigenvalue weighted by Crippen LogP contribution is 2.03. The molecule has 3 nitrogen and oxygen atoms in total. The van der Waals surface area contributed by atoms with E-state index in [9.17, 15) is 0 Å². The summed E-state index contributed by atoms with van der Waals surface area (Å²) in [5, 5.41) is 0. The number of unbranched alkanes of at least 4 members (excludes halogenated alkanes) is 1. The van der Waals surface area contributed by atoms with Crippen LogP contribution in [0.4, 0.5) is 0 Å². The minimum absolute atomic E-state index is 0.619. The molecule has 0 aliphatic heterocycles. The Morgan fingerprint density at radius 1 is 1.33 bits per heavy atom. The molecule has 66 valence electrons. The van der Waals surface area contributed by atoms with Gasteiger partial charge in [-0.3, -0.25) is 4.98 Å². The van der Waals surface area contributed by atoms with E-state index in [-0.39, 0.29) is 0 Å². The number of hydrogen-bond donors (Lipinski definition) is 0. The maximum atomic E-state index is 5.33. The van der Waals surface area contributed by atoms with E-state index in [1.807, 2.05) is 6.92 Å². The Labute approximate surface area is 72.8 Å². The first-order valence-electron chi connectivity index (χ1n) is 4.24. The zero-order valence-corrected chi connectivity index (χ0v) is 7.58. The molecule has 1 heterocycles. The monoisotopic (exact) mass is 166 g/mol. The van der Waals surface area contributed by atoms with Crippen LogP contribution in [-0.4, -0.2) is 16.6 Å². The lowest BCUT2D eigenvalue weighted by Gasteiger charge is -2.02. The van der Waals surface area contributed by atoms with Crippen LogP contribution in [-0.2, 0) is 0 Å². The lowest BCUT2D eigenvalue weighted by molar-refractivity contribution is 0.296. The second-order valence-corrected chi connectivity index (χ2v) is 2.70. The number of nitrogens with zero attached hydrogens (tertiary/aromatic N) is 2. The van der Waals surface area contributed by atoms with Gasteiger partial charge >= 0.3 is 0 Å². The van der Waals surface area contributed by atoms with E-state index in [0.29, 0.717) is 5.88 Å². The van der Waals surface area contributed by atoms with E-state index in [2.05, 4.69) is 16.9 Å². The van der Waals surface area contributed by atoms with Crippen LogP contribution in [0, 0.1) is 6.92 Å². The molecule has 0 saturated carbocycles. The van der Waals surface area contributed by atoms with Crippen LogP contribution in [0.2, 0.25) is 0 Å². The third-order valence-electron chi connectivity index (χ3n) is 1.51. The van der Waals surface area contributed by atoms with Gasteiger partial charge in [0.1, 0.15) is 0 Å². The van der Waals surface area contributed by atoms with Crippen molar-refractivity contribution in [1.29, 1.82) is 0 Å². The quantitative estimate of drug-likeness (QED) is 0.641. The Balaban J connectivity index is 2.37. The van der Waals surface area contributed by atoms with E-state index in [1.165, 1.54) is 0 Å². The van der Waals surface area contributed by atoms with Crippen molar-refractivity contribution in [3.8, 4) is 5.88 Å². The SMILES string of the molecule is CCCCOc1cnc(C)cn1. The normalized spacial score (nSPS) is 9.83. The first-order chi connectivity index (χ1) is 5.83. The van der Waals surface area contributed by atoms with Crippen molar-refractivity contribution < 1.29 is 4.74 Å². The molecule has 1 rings (SSSR count). The number of rotatable bonds is 4. The van der Waals surface area contributed by atoms with E-state index in [1.54, 1.807) is 12.4 Å². The van der Waals surface area contributed by atoms with E-state index in [0.717, 1.165) is 25.1 Å². The molecule has 0 aromatic carbocycles. The molecule has 1 aromatic heterocycles. The van der Waals surface area contributed by atoms with E-state index in [4.69, 9.17) is 4.74 Å². The lowest BCUT2D eigenvalue weighted by Crippen LogP contribution is -1.99. The van der Waals surface area contributed by atoms with Crippen LogP contribution >= 0.6 is 0 Å². The summed E-state index contributed by atoms with van der Waals surface area (Å²) in [6.07, 6.45) is 5.57. The highest BCUT2D eigenvalue weighted by molar-refractivity contribution is 5.05. The van der Waals surface area contributed by atoms with E-state index >= 15 is 0 Å². The summed E-state index contributed by atoms with van der Waals surface area (Å²) >= 11 is 0. The minimum Gasteiger partial charge on any atom is -0.477 e. The fourth-order valence-electron chi connectivity index (χ4n) is 0.776. The summed E-state index contributed by atoms with van der Waals surface area (Å²) in [6, 6.07) is 0. The summed E-state index contributed by atoms with van der Waals surface area (Å²) in [6.45, 7) is 4.77. The second-order valence-electron chi connectivity index (χ2n) is 2.70. The zero-order chi connectivity index (χ0) is 8.81. The van der Waals surface area contributed by atoms with Crippen LogP contribution in [0.1, 0.15) is 25.5 Å². The van der Waals surface area contributed by atoms with Crippen molar-refractivity contribution in [1.82, 2.24) is 9.97 Å². The molecule has 0 atom stereocenters. The van der Waals surface area contributed by atoms with Crippen LogP contribution in [0.15, 0.2) is 12.4 Å². The zero-order valence-electron chi connectivity index (χ0n) is 7.58. The van der Waals surface area contributed by atoms with Crippen molar-refractivity contribution in [2.24, 2.45) is 0 Å². The van der Waals surface area contributed by atoms with Gasteiger partial charge in [0.25, 0.3) is 0 Å². The smallest absolute Gasteiger partial charge is 0.232 e. The molecule has 0 fully saturated rings. The first-order valence-corrected chi connectivity index (χ1v) is 4.24. The Hall–Kier alpha value is -1.12. The Morgan fingerprint density at radius 2 is 2.17 bits per heavy atom. The third kappa shape index (κ3) is 2.86. The molecule has 0 bridgehead atoms. The van der Waals surface area contributed by atoms with Crippen LogP contribution in [0.5, 0.6) is 5.88 Å². The van der Waals surface area contributed by atoms with Gasteiger partial charge in [0.2, 0.25) is 5.88 Å². The van der Waals surface area contributed by atoms with Gasteiger partial charge in [0.15, 0.2) is 0 Å². The third-order valence-corrected chi connectivity index (χ3v) is 1.51. The van der Waals surface area contributed by atoms with Crippen molar-refractivity contribution in [2.75, 3.05) is 6.61 Å². The standard InChI is InChI=1S/C9H14N2O/c1-3-4-5-12-9-7-10-8(2)6-11-9/h6-7H,3-5H2,1-2H3. The van der Waals surface area contributed by atoms with Gasteiger partial charge in [-0.05, 0) is 13.3 Å². The van der Waals surface area contributed by atoms with Gasteiger partial charge in [0.05, 0.1) is 24.7 Å². The average Bonchev–Trinajstić information content (AvgIpc) is 2.09. The van der Waals surface area contributed by atoms with Crippen molar-refractivity contribution in [2.45, 2.75) is 26.7 Å². The second kappa shape index (κ2) is 4.70. The van der Waals surface area contributed by atoms with Gasteiger partial charge in [-0.1, -0.05) is 13.3 Å². The van der Waals surface area contributed by atoms with Crippen molar-refractivity contribution in [3.05, 3.63) is 18.1 Å². The van der Waals surface area contributed by atoms with Crippen LogP contribution in [0.25, 0.3) is 0 Å². The first kappa shape index (κ1) is 8.97. The Kier molecular flexibility index (Phi) is 3.51. The molecule has 3 heteroatoms. The minimum atomic E-state index is 0.619.